The van der Waals surface area contributed by atoms with Gasteiger partial charge >= 0.3 is 12.0 Å². The van der Waals surface area contributed by atoms with Crippen LogP contribution in [0.2, 0.25) is 5.02 Å². The van der Waals surface area contributed by atoms with Crippen LogP contribution in [-0.4, -0.2) is 31.1 Å². The minimum atomic E-state index is -0.789. The highest BCUT2D eigenvalue weighted by atomic mass is 35.5. The SMILES string of the molecule is NC(=O)N[C@@H](CC(=O)OCC(=O)N1CCc2ccccc21)c1ccccc1Cl. The topological polar surface area (TPSA) is 102 Å². The molecule has 1 aliphatic heterocycles. The molecule has 2 aromatic carbocycles. The monoisotopic (exact) mass is 401 g/mol. The molecule has 0 radical (unpaired) electrons. The Morgan fingerprint density at radius 2 is 1.86 bits per heavy atom. The Bertz CT molecular complexity index is 903. The van der Waals surface area contributed by atoms with Crippen LogP contribution in [0.15, 0.2) is 48.5 Å². The van der Waals surface area contributed by atoms with Crippen molar-refractivity contribution in [3.05, 3.63) is 64.7 Å². The molecule has 8 heteroatoms. The molecule has 7 nitrogen and oxygen atoms in total. The van der Waals surface area contributed by atoms with Gasteiger partial charge in [0.15, 0.2) is 6.61 Å². The summed E-state index contributed by atoms with van der Waals surface area (Å²) in [5, 5.41) is 2.87. The van der Waals surface area contributed by atoms with E-state index in [0.29, 0.717) is 17.1 Å². The number of nitrogens with two attached hydrogens (primary N) is 1. The predicted molar refractivity (Wildman–Crippen MR) is 105 cm³/mol. The molecule has 1 atom stereocenters. The molecule has 2 aromatic rings. The number of carbonyl (C=O) groups is 3. The summed E-state index contributed by atoms with van der Waals surface area (Å²) in [7, 11) is 0. The van der Waals surface area contributed by atoms with E-state index in [9.17, 15) is 14.4 Å². The molecule has 1 heterocycles. The number of nitrogens with one attached hydrogen (secondary N) is 1. The molecule has 0 aliphatic carbocycles. The molecule has 0 aromatic heterocycles. The van der Waals surface area contributed by atoms with Crippen molar-refractivity contribution >= 4 is 35.2 Å². The van der Waals surface area contributed by atoms with E-state index < -0.39 is 18.0 Å². The van der Waals surface area contributed by atoms with Gasteiger partial charge in [0.25, 0.3) is 5.91 Å². The maximum Gasteiger partial charge on any atom is 0.312 e. The number of para-hydroxylation sites is 1. The number of fused-ring (bicyclic) bond motifs is 1. The summed E-state index contributed by atoms with van der Waals surface area (Å²) in [4.78, 5) is 37.6. The van der Waals surface area contributed by atoms with Gasteiger partial charge in [0.05, 0.1) is 12.5 Å². The van der Waals surface area contributed by atoms with Crippen molar-refractivity contribution in [1.82, 2.24) is 5.32 Å². The molecule has 0 saturated heterocycles. The second-order valence-electron chi connectivity index (χ2n) is 6.37. The number of anilines is 1. The average Bonchev–Trinajstić information content (AvgIpc) is 3.10. The maximum absolute atomic E-state index is 12.4. The number of amides is 3. The van der Waals surface area contributed by atoms with Crippen molar-refractivity contribution in [3.8, 4) is 0 Å². The van der Waals surface area contributed by atoms with Crippen LogP contribution < -0.4 is 16.0 Å². The van der Waals surface area contributed by atoms with Crippen molar-refractivity contribution < 1.29 is 19.1 Å². The Labute approximate surface area is 167 Å². The molecule has 3 amide bonds. The molecule has 0 unspecified atom stereocenters. The van der Waals surface area contributed by atoms with E-state index in [-0.39, 0.29) is 18.9 Å². The molecular weight excluding hydrogens is 382 g/mol. The van der Waals surface area contributed by atoms with Gasteiger partial charge in [0, 0.05) is 17.3 Å². The van der Waals surface area contributed by atoms with Gasteiger partial charge in [-0.3, -0.25) is 9.59 Å². The number of rotatable bonds is 6. The second kappa shape index (κ2) is 8.75. The molecule has 3 N–H and O–H groups in total. The first-order chi connectivity index (χ1) is 13.5. The number of nitrogens with zero attached hydrogens (tertiary/aromatic N) is 1. The summed E-state index contributed by atoms with van der Waals surface area (Å²) >= 11 is 6.14. The average molecular weight is 402 g/mol. The first kappa shape index (κ1) is 19.7. The highest BCUT2D eigenvalue weighted by Gasteiger charge is 2.26. The van der Waals surface area contributed by atoms with Gasteiger partial charge in [-0.1, -0.05) is 48.0 Å². The molecule has 3 rings (SSSR count). The van der Waals surface area contributed by atoms with Crippen molar-refractivity contribution in [2.45, 2.75) is 18.9 Å². The molecule has 0 spiro atoms. The van der Waals surface area contributed by atoms with Gasteiger partial charge in [-0.15, -0.1) is 0 Å². The normalized spacial score (nSPS) is 13.5. The summed E-state index contributed by atoms with van der Waals surface area (Å²) < 4.78 is 5.14. The lowest BCUT2D eigenvalue weighted by atomic mass is 10.0. The maximum atomic E-state index is 12.4. The standard InChI is InChI=1S/C20H20ClN3O4/c21-15-7-3-2-6-14(15)16(23-20(22)27)11-19(26)28-12-18(25)24-10-9-13-5-1-4-8-17(13)24/h1-8,16H,9-12H2,(H3,22,23,27)/t16-/m0/s1. The number of urea groups is 1. The van der Waals surface area contributed by atoms with Gasteiger partial charge in [-0.05, 0) is 29.7 Å². The molecular formula is C20H20ClN3O4. The molecule has 0 bridgehead atoms. The van der Waals surface area contributed by atoms with Gasteiger partial charge in [0.1, 0.15) is 0 Å². The molecule has 28 heavy (non-hydrogen) atoms. The minimum absolute atomic E-state index is 0.198. The number of benzene rings is 2. The van der Waals surface area contributed by atoms with E-state index in [1.807, 2.05) is 24.3 Å². The summed E-state index contributed by atoms with van der Waals surface area (Å²) in [6.07, 6.45) is 0.573. The van der Waals surface area contributed by atoms with Crippen LogP contribution in [-0.2, 0) is 20.7 Å². The Hall–Kier alpha value is -3.06. The largest absolute Gasteiger partial charge is 0.455 e. The van der Waals surface area contributed by atoms with E-state index in [0.717, 1.165) is 17.7 Å². The zero-order valence-corrected chi connectivity index (χ0v) is 15.8. The van der Waals surface area contributed by atoms with Crippen LogP contribution in [0, 0.1) is 0 Å². The van der Waals surface area contributed by atoms with E-state index in [2.05, 4.69) is 5.32 Å². The number of esters is 1. The smallest absolute Gasteiger partial charge is 0.312 e. The quantitative estimate of drug-likeness (QED) is 0.726. The molecule has 146 valence electrons. The summed E-state index contributed by atoms with van der Waals surface area (Å²) in [5.74, 6) is -0.935. The number of carbonyl (C=O) groups excluding carboxylic acids is 3. The Kier molecular flexibility index (Phi) is 6.16. The zero-order chi connectivity index (χ0) is 20.1. The third-order valence-electron chi connectivity index (χ3n) is 4.51. The van der Waals surface area contributed by atoms with Crippen LogP contribution >= 0.6 is 11.6 Å². The fourth-order valence-electron chi connectivity index (χ4n) is 3.21. The number of halogens is 1. The van der Waals surface area contributed by atoms with Crippen LogP contribution in [0.3, 0.4) is 0 Å². The van der Waals surface area contributed by atoms with Crippen molar-refractivity contribution in [2.75, 3.05) is 18.1 Å². The van der Waals surface area contributed by atoms with E-state index in [1.165, 1.54) is 0 Å². The molecule has 0 fully saturated rings. The third kappa shape index (κ3) is 4.61. The zero-order valence-electron chi connectivity index (χ0n) is 15.1. The highest BCUT2D eigenvalue weighted by Crippen LogP contribution is 2.28. The van der Waals surface area contributed by atoms with Crippen molar-refractivity contribution in [3.63, 3.8) is 0 Å². The molecule has 0 saturated carbocycles. The first-order valence-corrected chi connectivity index (χ1v) is 9.18. The Morgan fingerprint density at radius 3 is 2.61 bits per heavy atom. The molecule has 1 aliphatic rings. The third-order valence-corrected chi connectivity index (χ3v) is 4.86. The second-order valence-corrected chi connectivity index (χ2v) is 6.78. The lowest BCUT2D eigenvalue weighted by molar-refractivity contribution is -0.148. The Balaban J connectivity index is 1.60. The lowest BCUT2D eigenvalue weighted by Gasteiger charge is -2.20. The van der Waals surface area contributed by atoms with Crippen molar-refractivity contribution in [1.29, 1.82) is 0 Å². The minimum Gasteiger partial charge on any atom is -0.455 e. The summed E-state index contributed by atoms with van der Waals surface area (Å²) in [6, 6.07) is 12.9. The van der Waals surface area contributed by atoms with Gasteiger partial charge in [-0.25, -0.2) is 4.79 Å². The van der Waals surface area contributed by atoms with Gasteiger partial charge < -0.3 is 20.7 Å². The summed E-state index contributed by atoms with van der Waals surface area (Å²) in [6.45, 7) is 0.181. The van der Waals surface area contributed by atoms with E-state index in [1.54, 1.807) is 29.2 Å². The van der Waals surface area contributed by atoms with Gasteiger partial charge in [0.2, 0.25) is 0 Å². The predicted octanol–water partition coefficient (Wildman–Crippen LogP) is 2.57. The fourth-order valence-corrected chi connectivity index (χ4v) is 3.48. The van der Waals surface area contributed by atoms with Crippen LogP contribution in [0.25, 0.3) is 0 Å². The lowest BCUT2D eigenvalue weighted by Crippen LogP contribution is -2.36. The van der Waals surface area contributed by atoms with E-state index >= 15 is 0 Å². The van der Waals surface area contributed by atoms with E-state index in [4.69, 9.17) is 22.1 Å². The number of hydrogen-bond acceptors (Lipinski definition) is 4. The number of hydrogen-bond donors (Lipinski definition) is 2. The number of ether oxygens (including phenoxy) is 1. The first-order valence-electron chi connectivity index (χ1n) is 8.80. The summed E-state index contributed by atoms with van der Waals surface area (Å²) in [5.41, 5.74) is 7.67. The highest BCUT2D eigenvalue weighted by molar-refractivity contribution is 6.31. The van der Waals surface area contributed by atoms with Crippen molar-refractivity contribution in [2.24, 2.45) is 5.73 Å². The van der Waals surface area contributed by atoms with Crippen LogP contribution in [0.5, 0.6) is 0 Å². The van der Waals surface area contributed by atoms with Crippen LogP contribution in [0.1, 0.15) is 23.6 Å². The van der Waals surface area contributed by atoms with Gasteiger partial charge in [-0.2, -0.15) is 0 Å². The fraction of sp³-hybridized carbons (Fsp3) is 0.250. The Morgan fingerprint density at radius 1 is 1.14 bits per heavy atom. The van der Waals surface area contributed by atoms with Crippen LogP contribution in [0.4, 0.5) is 10.5 Å². The number of primary amides is 1.